The van der Waals surface area contributed by atoms with E-state index < -0.39 is 0 Å². The maximum Gasteiger partial charge on any atom is 0.220 e. The van der Waals surface area contributed by atoms with Crippen LogP contribution >= 0.6 is 11.6 Å². The van der Waals surface area contributed by atoms with Gasteiger partial charge in [-0.1, -0.05) is 32.6 Å². The van der Waals surface area contributed by atoms with E-state index in [0.29, 0.717) is 18.2 Å². The van der Waals surface area contributed by atoms with Crippen LogP contribution in [0.15, 0.2) is 0 Å². The van der Waals surface area contributed by atoms with Crippen LogP contribution in [0.4, 0.5) is 0 Å². The average Bonchev–Trinajstić information content (AvgIpc) is 2.57. The van der Waals surface area contributed by atoms with Gasteiger partial charge in [0.05, 0.1) is 5.54 Å². The standard InChI is InChI=1S/C14H26ClNO/c1-3-14(2,11-15)16-13(17)10-12-8-6-4-5-7-9-12/h12H,3-11H2,1-2H3,(H,16,17). The van der Waals surface area contributed by atoms with Gasteiger partial charge in [-0.2, -0.15) is 0 Å². The largest absolute Gasteiger partial charge is 0.350 e. The zero-order valence-corrected chi connectivity index (χ0v) is 12.0. The highest BCUT2D eigenvalue weighted by Crippen LogP contribution is 2.25. The van der Waals surface area contributed by atoms with Crippen LogP contribution < -0.4 is 5.32 Å². The van der Waals surface area contributed by atoms with Crippen molar-refractivity contribution >= 4 is 17.5 Å². The molecular formula is C14H26ClNO. The molecule has 0 aromatic carbocycles. The SMILES string of the molecule is CCC(C)(CCl)NC(=O)CC1CCCCCC1. The van der Waals surface area contributed by atoms with Crippen LogP contribution in [0.2, 0.25) is 0 Å². The molecule has 1 fully saturated rings. The van der Waals surface area contributed by atoms with Gasteiger partial charge in [-0.3, -0.25) is 4.79 Å². The number of hydrogen-bond acceptors (Lipinski definition) is 1. The van der Waals surface area contributed by atoms with Crippen LogP contribution in [-0.4, -0.2) is 17.3 Å². The van der Waals surface area contributed by atoms with Crippen molar-refractivity contribution in [2.24, 2.45) is 5.92 Å². The topological polar surface area (TPSA) is 29.1 Å². The normalized spacial score (nSPS) is 21.6. The summed E-state index contributed by atoms with van der Waals surface area (Å²) in [6.07, 6.45) is 9.27. The highest BCUT2D eigenvalue weighted by molar-refractivity contribution is 6.18. The quantitative estimate of drug-likeness (QED) is 0.589. The third-order valence-corrected chi connectivity index (χ3v) is 4.56. The molecule has 0 radical (unpaired) electrons. The summed E-state index contributed by atoms with van der Waals surface area (Å²) in [7, 11) is 0. The highest BCUT2D eigenvalue weighted by Gasteiger charge is 2.24. The van der Waals surface area contributed by atoms with Crippen molar-refractivity contribution in [3.63, 3.8) is 0 Å². The molecule has 1 N–H and O–H groups in total. The van der Waals surface area contributed by atoms with Crippen LogP contribution in [0.1, 0.15) is 65.2 Å². The molecule has 1 aliphatic rings. The van der Waals surface area contributed by atoms with E-state index in [-0.39, 0.29) is 11.4 Å². The minimum Gasteiger partial charge on any atom is -0.350 e. The molecule has 0 aromatic rings. The van der Waals surface area contributed by atoms with Gasteiger partial charge in [0.15, 0.2) is 0 Å². The lowest BCUT2D eigenvalue weighted by molar-refractivity contribution is -0.123. The number of alkyl halides is 1. The molecule has 1 rings (SSSR count). The first-order valence-electron chi connectivity index (χ1n) is 6.96. The average molecular weight is 260 g/mol. The van der Waals surface area contributed by atoms with Crippen molar-refractivity contribution in [3.8, 4) is 0 Å². The summed E-state index contributed by atoms with van der Waals surface area (Å²) < 4.78 is 0. The third-order valence-electron chi connectivity index (χ3n) is 3.97. The summed E-state index contributed by atoms with van der Waals surface area (Å²) in [6, 6.07) is 0. The van der Waals surface area contributed by atoms with Crippen molar-refractivity contribution in [2.75, 3.05) is 5.88 Å². The predicted molar refractivity (Wildman–Crippen MR) is 73.4 cm³/mol. The molecule has 0 saturated heterocycles. The maximum absolute atomic E-state index is 12.0. The molecule has 1 saturated carbocycles. The van der Waals surface area contributed by atoms with Gasteiger partial charge in [-0.05, 0) is 32.1 Å². The second-order valence-electron chi connectivity index (χ2n) is 5.66. The minimum absolute atomic E-state index is 0.182. The Kier molecular flexibility index (Phi) is 6.32. The molecule has 0 spiro atoms. The van der Waals surface area contributed by atoms with E-state index in [4.69, 9.17) is 11.6 Å². The fraction of sp³-hybridized carbons (Fsp3) is 0.929. The first-order chi connectivity index (χ1) is 8.09. The van der Waals surface area contributed by atoms with E-state index in [9.17, 15) is 4.79 Å². The molecule has 0 aliphatic heterocycles. The zero-order chi connectivity index (χ0) is 12.7. The molecule has 1 aliphatic carbocycles. The lowest BCUT2D eigenvalue weighted by atomic mass is 9.95. The predicted octanol–water partition coefficient (Wildman–Crippen LogP) is 3.87. The summed E-state index contributed by atoms with van der Waals surface area (Å²) in [5.74, 6) is 1.26. The van der Waals surface area contributed by atoms with Crippen molar-refractivity contribution in [1.29, 1.82) is 0 Å². The summed E-state index contributed by atoms with van der Waals surface area (Å²) in [6.45, 7) is 4.08. The molecule has 0 heterocycles. The molecule has 1 atom stereocenters. The second kappa shape index (κ2) is 7.25. The lowest BCUT2D eigenvalue weighted by Crippen LogP contribution is -2.47. The van der Waals surface area contributed by atoms with Gasteiger partial charge >= 0.3 is 0 Å². The highest BCUT2D eigenvalue weighted by atomic mass is 35.5. The van der Waals surface area contributed by atoms with E-state index in [1.165, 1.54) is 38.5 Å². The molecular weight excluding hydrogens is 234 g/mol. The van der Waals surface area contributed by atoms with E-state index in [0.717, 1.165) is 6.42 Å². The van der Waals surface area contributed by atoms with Crippen molar-refractivity contribution in [3.05, 3.63) is 0 Å². The lowest BCUT2D eigenvalue weighted by Gasteiger charge is -2.28. The number of carbonyl (C=O) groups excluding carboxylic acids is 1. The number of nitrogens with one attached hydrogen (secondary N) is 1. The molecule has 0 aromatic heterocycles. The van der Waals surface area contributed by atoms with Gasteiger partial charge in [-0.25, -0.2) is 0 Å². The number of halogens is 1. The van der Waals surface area contributed by atoms with Crippen LogP contribution in [0.25, 0.3) is 0 Å². The number of carbonyl (C=O) groups is 1. The fourth-order valence-electron chi connectivity index (χ4n) is 2.43. The molecule has 1 amide bonds. The van der Waals surface area contributed by atoms with Crippen LogP contribution in [-0.2, 0) is 4.79 Å². The van der Waals surface area contributed by atoms with Gasteiger partial charge < -0.3 is 5.32 Å². The zero-order valence-electron chi connectivity index (χ0n) is 11.2. The van der Waals surface area contributed by atoms with Crippen LogP contribution in [0.3, 0.4) is 0 Å². The van der Waals surface area contributed by atoms with Crippen LogP contribution in [0.5, 0.6) is 0 Å². The second-order valence-corrected chi connectivity index (χ2v) is 5.92. The Morgan fingerprint density at radius 3 is 2.35 bits per heavy atom. The van der Waals surface area contributed by atoms with Crippen molar-refractivity contribution in [2.45, 2.75) is 70.8 Å². The summed E-state index contributed by atoms with van der Waals surface area (Å²) in [4.78, 5) is 12.0. The summed E-state index contributed by atoms with van der Waals surface area (Å²) in [5.41, 5.74) is -0.233. The summed E-state index contributed by atoms with van der Waals surface area (Å²) >= 11 is 5.91. The Bertz CT molecular complexity index is 230. The first-order valence-corrected chi connectivity index (χ1v) is 7.50. The smallest absolute Gasteiger partial charge is 0.220 e. The van der Waals surface area contributed by atoms with Gasteiger partial charge in [0.1, 0.15) is 0 Å². The van der Waals surface area contributed by atoms with E-state index in [1.807, 2.05) is 6.92 Å². The monoisotopic (exact) mass is 259 g/mol. The Morgan fingerprint density at radius 2 is 1.88 bits per heavy atom. The van der Waals surface area contributed by atoms with Crippen molar-refractivity contribution in [1.82, 2.24) is 5.32 Å². The Labute approximate surface area is 110 Å². The molecule has 2 nitrogen and oxygen atoms in total. The van der Waals surface area contributed by atoms with E-state index >= 15 is 0 Å². The molecule has 3 heteroatoms. The molecule has 0 bridgehead atoms. The minimum atomic E-state index is -0.233. The van der Waals surface area contributed by atoms with Crippen LogP contribution in [0, 0.1) is 5.92 Å². The van der Waals surface area contributed by atoms with Gasteiger partial charge in [0.25, 0.3) is 0 Å². The Hall–Kier alpha value is -0.240. The van der Waals surface area contributed by atoms with E-state index in [1.54, 1.807) is 0 Å². The third kappa shape index (κ3) is 5.29. The number of rotatable bonds is 5. The van der Waals surface area contributed by atoms with E-state index in [2.05, 4.69) is 12.2 Å². The van der Waals surface area contributed by atoms with Gasteiger partial charge in [-0.15, -0.1) is 11.6 Å². The Balaban J connectivity index is 2.37. The number of amides is 1. The molecule has 1 unspecified atom stereocenters. The van der Waals surface area contributed by atoms with Gasteiger partial charge in [0, 0.05) is 12.3 Å². The summed E-state index contributed by atoms with van der Waals surface area (Å²) in [5, 5.41) is 3.09. The first kappa shape index (κ1) is 14.8. The van der Waals surface area contributed by atoms with Crippen molar-refractivity contribution < 1.29 is 4.79 Å². The maximum atomic E-state index is 12.0. The Morgan fingerprint density at radius 1 is 1.29 bits per heavy atom. The van der Waals surface area contributed by atoms with Gasteiger partial charge in [0.2, 0.25) is 5.91 Å². The molecule has 100 valence electrons. The fourth-order valence-corrected chi connectivity index (χ4v) is 2.69. The molecule has 17 heavy (non-hydrogen) atoms. The number of hydrogen-bond donors (Lipinski definition) is 1.